The van der Waals surface area contributed by atoms with Gasteiger partial charge in [-0.1, -0.05) is 53.5 Å². The van der Waals surface area contributed by atoms with Crippen LogP contribution in [0.15, 0.2) is 66.3 Å². The Hall–Kier alpha value is -2.30. The lowest BCUT2D eigenvalue weighted by Gasteiger charge is -2.14. The smallest absolute Gasteiger partial charge is 0.0952 e. The molecule has 0 spiro atoms. The Morgan fingerprint density at radius 2 is 1.88 bits per heavy atom. The summed E-state index contributed by atoms with van der Waals surface area (Å²) in [5, 5.41) is 5.72. The molecule has 1 aliphatic carbocycles. The number of aromatic nitrogens is 2. The third-order valence-electron chi connectivity index (χ3n) is 4.16. The van der Waals surface area contributed by atoms with E-state index in [1.807, 2.05) is 30.7 Å². The fourth-order valence-electron chi connectivity index (χ4n) is 2.99. The fraction of sp³-hybridized carbons (Fsp3) is 0.111. The van der Waals surface area contributed by atoms with Crippen molar-refractivity contribution in [3.05, 3.63) is 82.4 Å². The van der Waals surface area contributed by atoms with Crippen LogP contribution in [0.3, 0.4) is 0 Å². The SMILES string of the molecule is Clc1cccc(Cl)c1NN=C1c2ccccc2CC1n1ccnc1. The van der Waals surface area contributed by atoms with E-state index < -0.39 is 0 Å². The normalized spacial score (nSPS) is 17.9. The van der Waals surface area contributed by atoms with Crippen molar-refractivity contribution >= 4 is 34.6 Å². The highest BCUT2D eigenvalue weighted by Crippen LogP contribution is 2.33. The van der Waals surface area contributed by atoms with Crippen LogP contribution in [0.4, 0.5) is 5.69 Å². The lowest BCUT2D eigenvalue weighted by Crippen LogP contribution is -2.16. The first kappa shape index (κ1) is 15.2. The molecule has 1 heterocycles. The van der Waals surface area contributed by atoms with Gasteiger partial charge in [0.15, 0.2) is 0 Å². The van der Waals surface area contributed by atoms with E-state index in [0.29, 0.717) is 15.7 Å². The Kier molecular flexibility index (Phi) is 4.00. The second-order valence-corrected chi connectivity index (χ2v) is 6.41. The number of imidazole rings is 1. The first-order valence-electron chi connectivity index (χ1n) is 7.57. The summed E-state index contributed by atoms with van der Waals surface area (Å²) in [7, 11) is 0. The number of nitrogens with zero attached hydrogens (tertiary/aromatic N) is 3. The molecule has 6 heteroatoms. The van der Waals surface area contributed by atoms with Gasteiger partial charge in [0.05, 0.1) is 33.8 Å². The first-order chi connectivity index (χ1) is 11.7. The number of hydrazone groups is 1. The monoisotopic (exact) mass is 356 g/mol. The Morgan fingerprint density at radius 3 is 2.62 bits per heavy atom. The summed E-state index contributed by atoms with van der Waals surface area (Å²) in [5.74, 6) is 0. The van der Waals surface area contributed by atoms with Crippen LogP contribution >= 0.6 is 23.2 Å². The summed E-state index contributed by atoms with van der Waals surface area (Å²) in [6.45, 7) is 0. The molecule has 24 heavy (non-hydrogen) atoms. The lowest BCUT2D eigenvalue weighted by atomic mass is 10.1. The van der Waals surface area contributed by atoms with Crippen LogP contribution in [0, 0.1) is 0 Å². The maximum absolute atomic E-state index is 6.22. The molecule has 4 nitrogen and oxygen atoms in total. The van der Waals surface area contributed by atoms with Gasteiger partial charge in [-0.05, 0) is 24.1 Å². The molecule has 0 fully saturated rings. The Labute approximate surface area is 149 Å². The number of rotatable bonds is 3. The Bertz CT molecular complexity index is 883. The Morgan fingerprint density at radius 1 is 1.08 bits per heavy atom. The second-order valence-electron chi connectivity index (χ2n) is 5.59. The van der Waals surface area contributed by atoms with Crippen LogP contribution < -0.4 is 5.43 Å². The molecule has 3 aromatic rings. The van der Waals surface area contributed by atoms with Crippen molar-refractivity contribution in [1.29, 1.82) is 0 Å². The molecule has 1 atom stereocenters. The molecule has 1 N–H and O–H groups in total. The topological polar surface area (TPSA) is 42.2 Å². The van der Waals surface area contributed by atoms with Gasteiger partial charge in [-0.25, -0.2) is 4.98 Å². The average Bonchev–Trinajstić information content (AvgIpc) is 3.22. The van der Waals surface area contributed by atoms with E-state index in [0.717, 1.165) is 17.7 Å². The highest BCUT2D eigenvalue weighted by Gasteiger charge is 2.29. The molecule has 0 saturated carbocycles. The van der Waals surface area contributed by atoms with E-state index in [1.54, 1.807) is 18.3 Å². The fourth-order valence-corrected chi connectivity index (χ4v) is 3.47. The number of halogens is 2. The molecule has 1 aromatic heterocycles. The predicted octanol–water partition coefficient (Wildman–Crippen LogP) is 4.80. The summed E-state index contributed by atoms with van der Waals surface area (Å²) >= 11 is 12.4. The van der Waals surface area contributed by atoms with Gasteiger partial charge >= 0.3 is 0 Å². The van der Waals surface area contributed by atoms with Gasteiger partial charge in [0.25, 0.3) is 0 Å². The zero-order valence-corrected chi connectivity index (χ0v) is 14.2. The molecular formula is C18H14Cl2N4. The van der Waals surface area contributed by atoms with Gasteiger partial charge in [-0.2, -0.15) is 5.10 Å². The number of para-hydroxylation sites is 1. The van der Waals surface area contributed by atoms with Crippen molar-refractivity contribution in [2.45, 2.75) is 12.5 Å². The summed E-state index contributed by atoms with van der Waals surface area (Å²) in [5.41, 5.74) is 7.00. The van der Waals surface area contributed by atoms with E-state index in [9.17, 15) is 0 Å². The van der Waals surface area contributed by atoms with Crippen molar-refractivity contribution in [3.8, 4) is 0 Å². The average molecular weight is 357 g/mol. The highest BCUT2D eigenvalue weighted by atomic mass is 35.5. The van der Waals surface area contributed by atoms with Crippen LogP contribution in [-0.4, -0.2) is 15.3 Å². The molecule has 0 amide bonds. The summed E-state index contributed by atoms with van der Waals surface area (Å²) in [6.07, 6.45) is 6.42. The van der Waals surface area contributed by atoms with Crippen molar-refractivity contribution < 1.29 is 0 Å². The largest absolute Gasteiger partial charge is 0.328 e. The number of nitrogens with one attached hydrogen (secondary N) is 1. The van der Waals surface area contributed by atoms with Crippen LogP contribution in [0.1, 0.15) is 17.2 Å². The number of hydrogen-bond donors (Lipinski definition) is 1. The van der Waals surface area contributed by atoms with Crippen molar-refractivity contribution in [1.82, 2.24) is 9.55 Å². The standard InChI is InChI=1S/C18H14Cl2N4/c19-14-6-3-7-15(20)18(14)23-22-17-13-5-2-1-4-12(13)10-16(17)24-9-8-21-11-24/h1-9,11,16,23H,10H2. The van der Waals surface area contributed by atoms with Gasteiger partial charge in [-0.15, -0.1) is 0 Å². The van der Waals surface area contributed by atoms with E-state index in [1.165, 1.54) is 5.56 Å². The van der Waals surface area contributed by atoms with Crippen molar-refractivity contribution in [3.63, 3.8) is 0 Å². The van der Waals surface area contributed by atoms with Crippen LogP contribution in [0.5, 0.6) is 0 Å². The minimum absolute atomic E-state index is 0.0960. The number of fused-ring (bicyclic) bond motifs is 1. The molecule has 0 bridgehead atoms. The van der Waals surface area contributed by atoms with Crippen LogP contribution in [0.25, 0.3) is 0 Å². The molecule has 1 aliphatic rings. The van der Waals surface area contributed by atoms with Gasteiger partial charge in [0.2, 0.25) is 0 Å². The van der Waals surface area contributed by atoms with Gasteiger partial charge in [0, 0.05) is 18.0 Å². The minimum atomic E-state index is 0.0960. The third-order valence-corrected chi connectivity index (χ3v) is 4.79. The quantitative estimate of drug-likeness (QED) is 0.684. The summed E-state index contributed by atoms with van der Waals surface area (Å²) < 4.78 is 2.06. The summed E-state index contributed by atoms with van der Waals surface area (Å²) in [6, 6.07) is 13.8. The van der Waals surface area contributed by atoms with E-state index >= 15 is 0 Å². The van der Waals surface area contributed by atoms with Gasteiger partial charge < -0.3 is 4.57 Å². The molecule has 4 rings (SSSR count). The lowest BCUT2D eigenvalue weighted by molar-refractivity contribution is 0.650. The van der Waals surface area contributed by atoms with Crippen LogP contribution in [0.2, 0.25) is 10.0 Å². The first-order valence-corrected chi connectivity index (χ1v) is 8.33. The molecule has 2 aromatic carbocycles. The maximum Gasteiger partial charge on any atom is 0.0952 e. The van der Waals surface area contributed by atoms with Crippen LogP contribution in [-0.2, 0) is 6.42 Å². The zero-order valence-electron chi connectivity index (χ0n) is 12.7. The number of benzene rings is 2. The second kappa shape index (κ2) is 6.30. The van der Waals surface area contributed by atoms with E-state index in [-0.39, 0.29) is 6.04 Å². The van der Waals surface area contributed by atoms with Gasteiger partial charge in [-0.3, -0.25) is 5.43 Å². The molecule has 0 aliphatic heterocycles. The van der Waals surface area contributed by atoms with E-state index in [2.05, 4.69) is 32.2 Å². The minimum Gasteiger partial charge on any atom is -0.328 e. The number of anilines is 1. The molecule has 1 unspecified atom stereocenters. The maximum atomic E-state index is 6.22. The molecule has 0 saturated heterocycles. The van der Waals surface area contributed by atoms with Gasteiger partial charge in [0.1, 0.15) is 0 Å². The molecular weight excluding hydrogens is 343 g/mol. The van der Waals surface area contributed by atoms with Crippen molar-refractivity contribution in [2.75, 3.05) is 5.43 Å². The predicted molar refractivity (Wildman–Crippen MR) is 98.0 cm³/mol. The third kappa shape index (κ3) is 2.68. The number of hydrogen-bond acceptors (Lipinski definition) is 3. The Balaban J connectivity index is 1.75. The molecule has 120 valence electrons. The van der Waals surface area contributed by atoms with E-state index in [4.69, 9.17) is 23.2 Å². The zero-order chi connectivity index (χ0) is 16.5. The highest BCUT2D eigenvalue weighted by molar-refractivity contribution is 6.39. The summed E-state index contributed by atoms with van der Waals surface area (Å²) in [4.78, 5) is 4.16. The molecule has 0 radical (unpaired) electrons. The van der Waals surface area contributed by atoms with Crippen molar-refractivity contribution in [2.24, 2.45) is 5.10 Å².